The Balaban J connectivity index is 1.20. The Hall–Kier alpha value is -4.01. The van der Waals surface area contributed by atoms with E-state index < -0.39 is 47.7 Å². The molecule has 0 aromatic heterocycles. The van der Waals surface area contributed by atoms with E-state index in [1.54, 1.807) is 30.3 Å². The second-order valence-corrected chi connectivity index (χ2v) is 12.0. The van der Waals surface area contributed by atoms with Crippen molar-refractivity contribution in [2.75, 3.05) is 46.4 Å². The zero-order valence-corrected chi connectivity index (χ0v) is 24.8. The highest BCUT2D eigenvalue weighted by Crippen LogP contribution is 2.49. The number of ether oxygens (including phenoxy) is 1. The minimum absolute atomic E-state index is 0.0190. The van der Waals surface area contributed by atoms with E-state index in [0.29, 0.717) is 50.3 Å². The van der Waals surface area contributed by atoms with Gasteiger partial charge < -0.3 is 20.3 Å². The average Bonchev–Trinajstić information content (AvgIpc) is 3.66. The fourth-order valence-corrected chi connectivity index (χ4v) is 6.84. The molecule has 1 unspecified atom stereocenters. The number of hydrogen-bond acceptors (Lipinski definition) is 7. The van der Waals surface area contributed by atoms with Crippen molar-refractivity contribution in [1.82, 2.24) is 30.9 Å². The highest BCUT2D eigenvalue weighted by Gasteiger charge is 2.58. The third-order valence-electron chi connectivity index (χ3n) is 9.14. The summed E-state index contributed by atoms with van der Waals surface area (Å²) in [6, 6.07) is 7.04. The predicted molar refractivity (Wildman–Crippen MR) is 154 cm³/mol. The second-order valence-electron chi connectivity index (χ2n) is 12.0. The quantitative estimate of drug-likeness (QED) is 0.382. The molecule has 0 radical (unpaired) electrons. The lowest BCUT2D eigenvalue weighted by Gasteiger charge is -2.35. The number of carbonyl (C=O) groups excluding carboxylic acids is 4. The standard InChI is InChI=1S/C31H35F3N6O5/c1-35-27(41)16-38-15-20(13-36-38)19-2-3-25-24(10-19)26(34)12-31(25)29(43)40(30(44)37-31)17-28(42)39(23-4-6-45-7-5-23)14-18-8-21(32)11-22(33)9-18/h2-3,8-11,20,23,26,36H,4-7,12-17H2,1H3,(H,35,41)(H,37,44)/t20?,26-,31+/m1/s1. The molecule has 3 atom stereocenters. The molecule has 4 aliphatic rings. The van der Waals surface area contributed by atoms with Crippen LogP contribution in [0.15, 0.2) is 36.4 Å². The van der Waals surface area contributed by atoms with Crippen molar-refractivity contribution in [3.8, 4) is 0 Å². The van der Waals surface area contributed by atoms with Gasteiger partial charge in [0.1, 0.15) is 29.9 Å². The minimum atomic E-state index is -1.65. The molecule has 3 aliphatic heterocycles. The number of rotatable bonds is 8. The van der Waals surface area contributed by atoms with Crippen molar-refractivity contribution in [2.24, 2.45) is 0 Å². The van der Waals surface area contributed by atoms with Crippen molar-refractivity contribution in [3.63, 3.8) is 0 Å². The first kappa shape index (κ1) is 31.0. The van der Waals surface area contributed by atoms with E-state index in [-0.39, 0.29) is 42.9 Å². The van der Waals surface area contributed by atoms with Crippen LogP contribution in [0.5, 0.6) is 0 Å². The Morgan fingerprint density at radius 3 is 2.53 bits per heavy atom. The summed E-state index contributed by atoms with van der Waals surface area (Å²) in [6.07, 6.45) is -0.878. The van der Waals surface area contributed by atoms with Crippen LogP contribution in [-0.2, 0) is 31.2 Å². The average molecular weight is 629 g/mol. The number of carbonyl (C=O) groups is 4. The Morgan fingerprint density at radius 2 is 1.82 bits per heavy atom. The van der Waals surface area contributed by atoms with Crippen LogP contribution in [0, 0.1) is 11.6 Å². The topological polar surface area (TPSA) is 123 Å². The van der Waals surface area contributed by atoms with Gasteiger partial charge in [-0.25, -0.2) is 23.0 Å². The normalized spacial score (nSPS) is 25.1. The van der Waals surface area contributed by atoms with E-state index in [1.807, 2.05) is 0 Å². The maximum Gasteiger partial charge on any atom is 0.325 e. The van der Waals surface area contributed by atoms with E-state index in [4.69, 9.17) is 4.74 Å². The molecule has 3 fully saturated rings. The number of amides is 5. The maximum atomic E-state index is 15.6. The fourth-order valence-electron chi connectivity index (χ4n) is 6.84. The number of urea groups is 1. The molecule has 3 saturated heterocycles. The summed E-state index contributed by atoms with van der Waals surface area (Å²) in [7, 11) is 1.56. The molecule has 2 aromatic carbocycles. The molecule has 5 amide bonds. The number of benzene rings is 2. The summed E-state index contributed by atoms with van der Waals surface area (Å²) in [4.78, 5) is 54.8. The number of alkyl halides is 1. The summed E-state index contributed by atoms with van der Waals surface area (Å²) in [5, 5.41) is 7.04. The van der Waals surface area contributed by atoms with Crippen LogP contribution in [0.1, 0.15) is 53.6 Å². The number of imide groups is 1. The van der Waals surface area contributed by atoms with E-state index in [2.05, 4.69) is 16.1 Å². The Labute approximate surface area is 258 Å². The van der Waals surface area contributed by atoms with Gasteiger partial charge in [-0.1, -0.05) is 18.2 Å². The van der Waals surface area contributed by atoms with E-state index in [1.165, 1.54) is 4.90 Å². The molecular formula is C31H35F3N6O5. The summed E-state index contributed by atoms with van der Waals surface area (Å²) >= 11 is 0. The maximum absolute atomic E-state index is 15.6. The van der Waals surface area contributed by atoms with Gasteiger partial charge in [0, 0.05) is 64.3 Å². The first-order valence-electron chi connectivity index (χ1n) is 15.0. The fraction of sp³-hybridized carbons (Fsp3) is 0.484. The smallest absolute Gasteiger partial charge is 0.325 e. The largest absolute Gasteiger partial charge is 0.381 e. The van der Waals surface area contributed by atoms with Gasteiger partial charge in [-0.2, -0.15) is 0 Å². The lowest BCUT2D eigenvalue weighted by Crippen LogP contribution is -2.49. The Bertz CT molecular complexity index is 1500. The molecule has 11 nitrogen and oxygen atoms in total. The zero-order chi connectivity index (χ0) is 31.9. The summed E-state index contributed by atoms with van der Waals surface area (Å²) < 4.78 is 48.9. The van der Waals surface area contributed by atoms with E-state index >= 15 is 4.39 Å². The van der Waals surface area contributed by atoms with E-state index in [9.17, 15) is 28.0 Å². The molecule has 0 saturated carbocycles. The SMILES string of the molecule is CNC(=O)CN1CC(c2ccc3c(c2)[C@H](F)C[C@]32NC(=O)N(CC(=O)N(Cc3cc(F)cc(F)c3)C3CCOCC3)C2=O)CN1. The van der Waals surface area contributed by atoms with Gasteiger partial charge in [0.25, 0.3) is 5.91 Å². The molecule has 240 valence electrons. The van der Waals surface area contributed by atoms with Gasteiger partial charge in [0.05, 0.1) is 6.54 Å². The predicted octanol–water partition coefficient (Wildman–Crippen LogP) is 1.98. The molecule has 45 heavy (non-hydrogen) atoms. The van der Waals surface area contributed by atoms with Crippen LogP contribution in [-0.4, -0.2) is 91.0 Å². The first-order valence-corrected chi connectivity index (χ1v) is 15.0. The van der Waals surface area contributed by atoms with Crippen molar-refractivity contribution in [2.45, 2.75) is 49.5 Å². The highest BCUT2D eigenvalue weighted by atomic mass is 19.1. The van der Waals surface area contributed by atoms with Gasteiger partial charge in [0.15, 0.2) is 0 Å². The number of halogens is 3. The molecule has 2 aromatic rings. The number of fused-ring (bicyclic) bond motifs is 2. The molecular weight excluding hydrogens is 593 g/mol. The highest BCUT2D eigenvalue weighted by molar-refractivity contribution is 6.10. The third-order valence-corrected chi connectivity index (χ3v) is 9.14. The summed E-state index contributed by atoms with van der Waals surface area (Å²) in [5.41, 5.74) is 3.23. The molecule has 1 aliphatic carbocycles. The van der Waals surface area contributed by atoms with Crippen molar-refractivity contribution in [1.29, 1.82) is 0 Å². The number of nitrogens with zero attached hydrogens (tertiary/aromatic N) is 3. The molecule has 6 rings (SSSR count). The first-order chi connectivity index (χ1) is 21.6. The van der Waals surface area contributed by atoms with Crippen molar-refractivity contribution >= 4 is 23.8 Å². The lowest BCUT2D eigenvalue weighted by molar-refractivity contribution is -0.142. The van der Waals surface area contributed by atoms with Crippen LogP contribution in [0.25, 0.3) is 0 Å². The Morgan fingerprint density at radius 1 is 1.09 bits per heavy atom. The molecule has 3 N–H and O–H groups in total. The van der Waals surface area contributed by atoms with Gasteiger partial charge in [-0.3, -0.25) is 24.7 Å². The van der Waals surface area contributed by atoms with Crippen LogP contribution >= 0.6 is 0 Å². The number of likely N-dealkylation sites (N-methyl/N-ethyl adjacent to an activating group) is 1. The second kappa shape index (κ2) is 12.4. The molecule has 1 spiro atoms. The van der Waals surface area contributed by atoms with Crippen LogP contribution in [0.4, 0.5) is 18.0 Å². The molecule has 3 heterocycles. The Kier molecular flexibility index (Phi) is 8.55. The zero-order valence-electron chi connectivity index (χ0n) is 24.8. The molecule has 14 heteroatoms. The van der Waals surface area contributed by atoms with Crippen LogP contribution in [0.2, 0.25) is 0 Å². The van der Waals surface area contributed by atoms with Gasteiger partial charge in [-0.05, 0) is 47.2 Å². The summed E-state index contributed by atoms with van der Waals surface area (Å²) in [6.45, 7) is 1.30. The number of hydrogen-bond donors (Lipinski definition) is 3. The van der Waals surface area contributed by atoms with E-state index in [0.717, 1.165) is 28.7 Å². The van der Waals surface area contributed by atoms with Crippen LogP contribution < -0.4 is 16.1 Å². The number of hydrazine groups is 1. The summed E-state index contributed by atoms with van der Waals surface area (Å²) in [5.74, 6) is -3.02. The van der Waals surface area contributed by atoms with Crippen molar-refractivity contribution < 1.29 is 37.1 Å². The monoisotopic (exact) mass is 628 g/mol. The molecule has 0 bridgehead atoms. The van der Waals surface area contributed by atoms with Gasteiger partial charge >= 0.3 is 6.03 Å². The van der Waals surface area contributed by atoms with Gasteiger partial charge in [0.2, 0.25) is 11.8 Å². The van der Waals surface area contributed by atoms with Crippen LogP contribution in [0.3, 0.4) is 0 Å². The van der Waals surface area contributed by atoms with Gasteiger partial charge in [-0.15, -0.1) is 0 Å². The lowest BCUT2D eigenvalue weighted by atomic mass is 9.89. The number of nitrogens with one attached hydrogen (secondary N) is 3. The third kappa shape index (κ3) is 6.01. The van der Waals surface area contributed by atoms with Crippen molar-refractivity contribution in [3.05, 3.63) is 70.3 Å². The minimum Gasteiger partial charge on any atom is -0.381 e.